The second kappa shape index (κ2) is 5.49. The van der Waals surface area contributed by atoms with Crippen LogP contribution in [0.2, 0.25) is 0 Å². The summed E-state index contributed by atoms with van der Waals surface area (Å²) >= 11 is 0. The first-order valence-electron chi connectivity index (χ1n) is 7.10. The Bertz CT molecular complexity index is 757. The van der Waals surface area contributed by atoms with Crippen molar-refractivity contribution in [3.63, 3.8) is 0 Å². The highest BCUT2D eigenvalue weighted by molar-refractivity contribution is 5.64. The SMILES string of the molecule is Cc1ccc(-c2cnc(-c3ccc(C)c(C)c3)nc2)cc1. The zero-order chi connectivity index (χ0) is 14.8. The standard InChI is InChI=1S/C19H18N2/c1-13-4-7-16(8-5-13)18-11-20-19(21-12-18)17-9-6-14(2)15(3)10-17/h4-12H,1-3H3. The lowest BCUT2D eigenvalue weighted by atomic mass is 10.1. The van der Waals surface area contributed by atoms with Crippen LogP contribution in [0.15, 0.2) is 54.9 Å². The van der Waals surface area contributed by atoms with Crippen LogP contribution < -0.4 is 0 Å². The summed E-state index contributed by atoms with van der Waals surface area (Å²) in [5, 5.41) is 0. The van der Waals surface area contributed by atoms with E-state index >= 15 is 0 Å². The van der Waals surface area contributed by atoms with Crippen LogP contribution in [0.25, 0.3) is 22.5 Å². The van der Waals surface area contributed by atoms with Crippen molar-refractivity contribution in [2.75, 3.05) is 0 Å². The number of rotatable bonds is 2. The summed E-state index contributed by atoms with van der Waals surface area (Å²) in [4.78, 5) is 9.01. The highest BCUT2D eigenvalue weighted by Crippen LogP contribution is 2.22. The fourth-order valence-electron chi connectivity index (χ4n) is 2.25. The van der Waals surface area contributed by atoms with E-state index in [2.05, 4.69) is 73.2 Å². The molecular formula is C19H18N2. The molecule has 0 saturated carbocycles. The maximum atomic E-state index is 4.51. The van der Waals surface area contributed by atoms with Gasteiger partial charge in [-0.2, -0.15) is 0 Å². The van der Waals surface area contributed by atoms with E-state index in [0.717, 1.165) is 22.5 Å². The summed E-state index contributed by atoms with van der Waals surface area (Å²) in [6.45, 7) is 6.31. The molecule has 0 aliphatic rings. The molecule has 1 aromatic heterocycles. The van der Waals surface area contributed by atoms with Crippen LogP contribution >= 0.6 is 0 Å². The minimum Gasteiger partial charge on any atom is -0.236 e. The summed E-state index contributed by atoms with van der Waals surface area (Å²) in [5.41, 5.74) is 7.06. The van der Waals surface area contributed by atoms with Crippen LogP contribution in [0.1, 0.15) is 16.7 Å². The first-order valence-corrected chi connectivity index (χ1v) is 7.10. The largest absolute Gasteiger partial charge is 0.236 e. The van der Waals surface area contributed by atoms with Gasteiger partial charge in [-0.25, -0.2) is 9.97 Å². The number of nitrogens with zero attached hydrogens (tertiary/aromatic N) is 2. The molecule has 104 valence electrons. The first-order chi connectivity index (χ1) is 10.1. The Kier molecular flexibility index (Phi) is 3.53. The monoisotopic (exact) mass is 274 g/mol. The number of hydrogen-bond donors (Lipinski definition) is 0. The van der Waals surface area contributed by atoms with Gasteiger partial charge in [0.05, 0.1) is 0 Å². The quantitative estimate of drug-likeness (QED) is 0.674. The van der Waals surface area contributed by atoms with E-state index in [9.17, 15) is 0 Å². The van der Waals surface area contributed by atoms with Gasteiger partial charge in [0.15, 0.2) is 5.82 Å². The Morgan fingerprint density at radius 3 is 1.86 bits per heavy atom. The van der Waals surface area contributed by atoms with E-state index in [-0.39, 0.29) is 0 Å². The normalized spacial score (nSPS) is 10.6. The van der Waals surface area contributed by atoms with Crippen molar-refractivity contribution in [3.05, 3.63) is 71.5 Å². The highest BCUT2D eigenvalue weighted by atomic mass is 14.9. The summed E-state index contributed by atoms with van der Waals surface area (Å²) in [6, 6.07) is 14.7. The molecule has 0 aliphatic heterocycles. The molecule has 3 aromatic rings. The summed E-state index contributed by atoms with van der Waals surface area (Å²) < 4.78 is 0. The van der Waals surface area contributed by atoms with Gasteiger partial charge in [0.1, 0.15) is 0 Å². The Hall–Kier alpha value is -2.48. The molecule has 0 saturated heterocycles. The van der Waals surface area contributed by atoms with Crippen molar-refractivity contribution in [1.82, 2.24) is 9.97 Å². The van der Waals surface area contributed by atoms with Gasteiger partial charge in [-0.3, -0.25) is 0 Å². The lowest BCUT2D eigenvalue weighted by molar-refractivity contribution is 1.17. The van der Waals surface area contributed by atoms with Gasteiger partial charge in [0.25, 0.3) is 0 Å². The maximum absolute atomic E-state index is 4.51. The van der Waals surface area contributed by atoms with Crippen molar-refractivity contribution in [3.8, 4) is 22.5 Å². The predicted molar refractivity (Wildman–Crippen MR) is 87.1 cm³/mol. The van der Waals surface area contributed by atoms with E-state index in [4.69, 9.17) is 0 Å². The molecule has 0 fully saturated rings. The molecule has 0 atom stereocenters. The number of aryl methyl sites for hydroxylation is 3. The second-order valence-electron chi connectivity index (χ2n) is 5.46. The zero-order valence-corrected chi connectivity index (χ0v) is 12.6. The number of benzene rings is 2. The fraction of sp³-hybridized carbons (Fsp3) is 0.158. The molecule has 0 N–H and O–H groups in total. The average molecular weight is 274 g/mol. The van der Waals surface area contributed by atoms with Crippen LogP contribution in [-0.2, 0) is 0 Å². The topological polar surface area (TPSA) is 25.8 Å². The molecule has 0 aliphatic carbocycles. The third-order valence-corrected chi connectivity index (χ3v) is 3.80. The van der Waals surface area contributed by atoms with Gasteiger partial charge >= 0.3 is 0 Å². The molecule has 2 aromatic carbocycles. The predicted octanol–water partition coefficient (Wildman–Crippen LogP) is 4.74. The van der Waals surface area contributed by atoms with Gasteiger partial charge < -0.3 is 0 Å². The molecule has 3 rings (SSSR count). The summed E-state index contributed by atoms with van der Waals surface area (Å²) in [5.74, 6) is 0.772. The molecule has 0 spiro atoms. The van der Waals surface area contributed by atoms with Crippen LogP contribution in [0, 0.1) is 20.8 Å². The number of aromatic nitrogens is 2. The van der Waals surface area contributed by atoms with E-state index in [1.807, 2.05) is 12.4 Å². The highest BCUT2D eigenvalue weighted by Gasteiger charge is 2.04. The maximum Gasteiger partial charge on any atom is 0.159 e. The molecule has 2 nitrogen and oxygen atoms in total. The molecule has 2 heteroatoms. The lowest BCUT2D eigenvalue weighted by Crippen LogP contribution is -1.91. The van der Waals surface area contributed by atoms with E-state index < -0.39 is 0 Å². The number of hydrogen-bond acceptors (Lipinski definition) is 2. The Morgan fingerprint density at radius 1 is 0.619 bits per heavy atom. The Morgan fingerprint density at radius 2 is 1.24 bits per heavy atom. The molecule has 0 radical (unpaired) electrons. The second-order valence-corrected chi connectivity index (χ2v) is 5.46. The van der Waals surface area contributed by atoms with Gasteiger partial charge in [-0.1, -0.05) is 42.0 Å². The summed E-state index contributed by atoms with van der Waals surface area (Å²) in [7, 11) is 0. The smallest absolute Gasteiger partial charge is 0.159 e. The van der Waals surface area contributed by atoms with Crippen LogP contribution in [0.4, 0.5) is 0 Å². The van der Waals surface area contributed by atoms with Crippen LogP contribution in [-0.4, -0.2) is 9.97 Å². The third kappa shape index (κ3) is 2.84. The Labute approximate surface area is 125 Å². The minimum absolute atomic E-state index is 0.772. The average Bonchev–Trinajstić information content (AvgIpc) is 2.51. The van der Waals surface area contributed by atoms with Crippen molar-refractivity contribution in [2.24, 2.45) is 0 Å². The minimum atomic E-state index is 0.772. The first kappa shape index (κ1) is 13.5. The van der Waals surface area contributed by atoms with Gasteiger partial charge in [0.2, 0.25) is 0 Å². The van der Waals surface area contributed by atoms with E-state index in [0.29, 0.717) is 0 Å². The van der Waals surface area contributed by atoms with Crippen molar-refractivity contribution < 1.29 is 0 Å². The van der Waals surface area contributed by atoms with Crippen LogP contribution in [0.5, 0.6) is 0 Å². The lowest BCUT2D eigenvalue weighted by Gasteiger charge is -2.06. The molecule has 0 unspecified atom stereocenters. The van der Waals surface area contributed by atoms with Crippen molar-refractivity contribution in [2.45, 2.75) is 20.8 Å². The van der Waals surface area contributed by atoms with E-state index in [1.165, 1.54) is 16.7 Å². The van der Waals surface area contributed by atoms with Crippen molar-refractivity contribution >= 4 is 0 Å². The fourth-order valence-corrected chi connectivity index (χ4v) is 2.25. The Balaban J connectivity index is 1.93. The molecule has 0 amide bonds. The van der Waals surface area contributed by atoms with Crippen molar-refractivity contribution in [1.29, 1.82) is 0 Å². The summed E-state index contributed by atoms with van der Waals surface area (Å²) in [6.07, 6.45) is 3.78. The van der Waals surface area contributed by atoms with Gasteiger partial charge in [0, 0.05) is 23.5 Å². The molecule has 21 heavy (non-hydrogen) atoms. The van der Waals surface area contributed by atoms with Gasteiger partial charge in [-0.05, 0) is 43.5 Å². The van der Waals surface area contributed by atoms with Crippen LogP contribution in [0.3, 0.4) is 0 Å². The molecular weight excluding hydrogens is 256 g/mol. The van der Waals surface area contributed by atoms with Gasteiger partial charge in [-0.15, -0.1) is 0 Å². The zero-order valence-electron chi connectivity index (χ0n) is 12.6. The van der Waals surface area contributed by atoms with E-state index in [1.54, 1.807) is 0 Å². The molecule has 1 heterocycles. The third-order valence-electron chi connectivity index (χ3n) is 3.80. The molecule has 0 bridgehead atoms.